The van der Waals surface area contributed by atoms with Crippen molar-refractivity contribution < 1.29 is 26.4 Å². The Balaban J connectivity index is 1.39. The second-order valence-corrected chi connectivity index (χ2v) is 10.9. The molecule has 0 radical (unpaired) electrons. The molecule has 2 aliphatic rings. The van der Waals surface area contributed by atoms with Gasteiger partial charge >= 0.3 is 6.18 Å². The second-order valence-electron chi connectivity index (χ2n) is 9.12. The summed E-state index contributed by atoms with van der Waals surface area (Å²) >= 11 is 0. The molecule has 1 aliphatic heterocycles. The lowest BCUT2D eigenvalue weighted by molar-refractivity contribution is -0.137. The third kappa shape index (κ3) is 5.41. The lowest BCUT2D eigenvalue weighted by Crippen LogP contribution is -2.35. The van der Waals surface area contributed by atoms with Crippen LogP contribution in [-0.4, -0.2) is 31.8 Å². The van der Waals surface area contributed by atoms with Crippen LogP contribution in [0.25, 0.3) is 0 Å². The van der Waals surface area contributed by atoms with Gasteiger partial charge in [-0.1, -0.05) is 49.4 Å². The fourth-order valence-electron chi connectivity index (χ4n) is 5.21. The molecule has 2 fully saturated rings. The molecule has 1 saturated carbocycles. The van der Waals surface area contributed by atoms with Gasteiger partial charge in [-0.15, -0.1) is 0 Å². The summed E-state index contributed by atoms with van der Waals surface area (Å²) in [5.74, 6) is 0.155. The maximum atomic E-state index is 12.8. The van der Waals surface area contributed by atoms with Crippen molar-refractivity contribution in [3.05, 3.63) is 71.3 Å². The number of rotatable bonds is 7. The van der Waals surface area contributed by atoms with Gasteiger partial charge < -0.3 is 4.90 Å². The molecular formula is C24H27F3N2O3S. The number of hydrogen-bond acceptors (Lipinski definition) is 3. The lowest BCUT2D eigenvalue weighted by atomic mass is 9.89. The van der Waals surface area contributed by atoms with E-state index in [2.05, 4.69) is 11.6 Å². The summed E-state index contributed by atoms with van der Waals surface area (Å²) in [5.41, 5.74) is 0.645. The summed E-state index contributed by atoms with van der Waals surface area (Å²) < 4.78 is 66.3. The van der Waals surface area contributed by atoms with Crippen molar-refractivity contribution in [3.63, 3.8) is 0 Å². The Bertz CT molecular complexity index is 1090. The van der Waals surface area contributed by atoms with Crippen molar-refractivity contribution in [2.75, 3.05) is 6.54 Å². The predicted molar refractivity (Wildman–Crippen MR) is 118 cm³/mol. The fraction of sp³-hybridized carbons (Fsp3) is 0.458. The highest BCUT2D eigenvalue weighted by Gasteiger charge is 2.50. The van der Waals surface area contributed by atoms with Gasteiger partial charge in [-0.3, -0.25) is 4.79 Å². The van der Waals surface area contributed by atoms with Gasteiger partial charge in [0.1, 0.15) is 0 Å². The number of likely N-dealkylation sites (tertiary alicyclic amines) is 1. The lowest BCUT2D eigenvalue weighted by Gasteiger charge is -2.25. The van der Waals surface area contributed by atoms with Crippen LogP contribution < -0.4 is 4.72 Å². The van der Waals surface area contributed by atoms with Gasteiger partial charge in [0.2, 0.25) is 15.9 Å². The van der Waals surface area contributed by atoms with Crippen LogP contribution in [0.4, 0.5) is 13.2 Å². The molecule has 2 aromatic rings. The zero-order valence-corrected chi connectivity index (χ0v) is 19.1. The highest BCUT2D eigenvalue weighted by molar-refractivity contribution is 7.88. The molecule has 4 atom stereocenters. The fourth-order valence-corrected chi connectivity index (χ4v) is 6.39. The first-order valence-corrected chi connectivity index (χ1v) is 12.7. The number of amides is 1. The molecule has 4 rings (SSSR count). The molecule has 0 bridgehead atoms. The maximum absolute atomic E-state index is 12.8. The summed E-state index contributed by atoms with van der Waals surface area (Å²) in [5, 5.41) is 0. The van der Waals surface area contributed by atoms with E-state index >= 15 is 0 Å². The first kappa shape index (κ1) is 23.8. The molecule has 178 valence electrons. The van der Waals surface area contributed by atoms with Crippen LogP contribution in [0, 0.1) is 17.8 Å². The van der Waals surface area contributed by atoms with Crippen LogP contribution in [0.3, 0.4) is 0 Å². The number of carbonyl (C=O) groups is 1. The zero-order chi connectivity index (χ0) is 23.8. The van der Waals surface area contributed by atoms with Crippen molar-refractivity contribution in [1.82, 2.24) is 9.62 Å². The van der Waals surface area contributed by atoms with E-state index in [4.69, 9.17) is 0 Å². The molecular weight excluding hydrogens is 453 g/mol. The Morgan fingerprint density at radius 2 is 1.70 bits per heavy atom. The number of carbonyl (C=O) groups excluding carboxylic acids is 1. The molecule has 1 saturated heterocycles. The average molecular weight is 481 g/mol. The number of hydrogen-bond donors (Lipinski definition) is 1. The zero-order valence-electron chi connectivity index (χ0n) is 18.3. The van der Waals surface area contributed by atoms with Gasteiger partial charge in [0.15, 0.2) is 0 Å². The minimum absolute atomic E-state index is 0.0290. The highest BCUT2D eigenvalue weighted by atomic mass is 32.2. The van der Waals surface area contributed by atoms with Gasteiger partial charge in [0, 0.05) is 25.6 Å². The third-order valence-corrected chi connectivity index (χ3v) is 8.21. The van der Waals surface area contributed by atoms with Crippen molar-refractivity contribution in [1.29, 1.82) is 0 Å². The predicted octanol–water partition coefficient (Wildman–Crippen LogP) is 4.20. The van der Waals surface area contributed by atoms with E-state index in [0.717, 1.165) is 18.6 Å². The van der Waals surface area contributed by atoms with Crippen LogP contribution in [-0.2, 0) is 33.3 Å². The smallest absolute Gasteiger partial charge is 0.335 e. The number of nitrogens with one attached hydrogen (secondary N) is 1. The van der Waals surface area contributed by atoms with E-state index < -0.39 is 21.8 Å². The minimum atomic E-state index is -4.39. The number of halogens is 3. The van der Waals surface area contributed by atoms with E-state index in [1.807, 2.05) is 6.07 Å². The summed E-state index contributed by atoms with van der Waals surface area (Å²) in [6.07, 6.45) is -3.31. The normalized spacial score (nSPS) is 25.5. The van der Waals surface area contributed by atoms with E-state index in [9.17, 15) is 26.4 Å². The first-order valence-electron chi connectivity index (χ1n) is 11.0. The van der Waals surface area contributed by atoms with Crippen molar-refractivity contribution in [3.8, 4) is 0 Å². The van der Waals surface area contributed by atoms with Crippen LogP contribution in [0.1, 0.15) is 36.5 Å². The Morgan fingerprint density at radius 3 is 2.33 bits per heavy atom. The summed E-state index contributed by atoms with van der Waals surface area (Å²) in [6, 6.07) is 13.8. The first-order chi connectivity index (χ1) is 15.5. The topological polar surface area (TPSA) is 66.5 Å². The number of nitrogens with zero attached hydrogens (tertiary/aromatic N) is 1. The Labute approximate surface area is 192 Å². The summed E-state index contributed by atoms with van der Waals surface area (Å²) in [7, 11) is -3.51. The van der Waals surface area contributed by atoms with Gasteiger partial charge in [-0.2, -0.15) is 13.2 Å². The Hall–Kier alpha value is -2.39. The molecule has 0 spiro atoms. The largest absolute Gasteiger partial charge is 0.416 e. The van der Waals surface area contributed by atoms with E-state index in [-0.39, 0.29) is 48.5 Å². The van der Waals surface area contributed by atoms with E-state index in [1.54, 1.807) is 29.2 Å². The Kier molecular flexibility index (Phi) is 6.55. The summed E-state index contributed by atoms with van der Waals surface area (Å²) in [4.78, 5) is 14.5. The molecule has 1 N–H and O–H groups in total. The second kappa shape index (κ2) is 9.10. The molecule has 2 aromatic carbocycles. The van der Waals surface area contributed by atoms with Crippen molar-refractivity contribution in [2.24, 2.45) is 17.8 Å². The third-order valence-electron chi connectivity index (χ3n) is 6.89. The van der Waals surface area contributed by atoms with Gasteiger partial charge in [-0.05, 0) is 47.4 Å². The van der Waals surface area contributed by atoms with Crippen molar-refractivity contribution in [2.45, 2.75) is 44.3 Å². The van der Waals surface area contributed by atoms with Crippen LogP contribution in [0.2, 0.25) is 0 Å². The quantitative estimate of drug-likeness (QED) is 0.646. The molecule has 0 unspecified atom stereocenters. The minimum Gasteiger partial charge on any atom is -0.335 e. The number of benzene rings is 2. The monoisotopic (exact) mass is 480 g/mol. The van der Waals surface area contributed by atoms with Crippen LogP contribution >= 0.6 is 0 Å². The summed E-state index contributed by atoms with van der Waals surface area (Å²) in [6.45, 7) is 2.60. The highest BCUT2D eigenvalue weighted by Crippen LogP contribution is 2.46. The van der Waals surface area contributed by atoms with E-state index in [1.165, 1.54) is 12.1 Å². The van der Waals surface area contributed by atoms with E-state index in [0.29, 0.717) is 17.5 Å². The molecule has 1 amide bonds. The molecule has 1 heterocycles. The SMILES string of the molecule is C[C@H]1C[C@@H]2[C@@H](CC(=O)N2Cc2ccc(C(F)(F)F)cc2)[C@@H]1CNS(=O)(=O)Cc1ccccc1. The molecule has 5 nitrogen and oxygen atoms in total. The Morgan fingerprint density at radius 1 is 1.03 bits per heavy atom. The molecule has 1 aliphatic carbocycles. The molecule has 9 heteroatoms. The number of alkyl halides is 3. The van der Waals surface area contributed by atoms with Gasteiger partial charge in [-0.25, -0.2) is 13.1 Å². The van der Waals surface area contributed by atoms with Gasteiger partial charge in [0.25, 0.3) is 0 Å². The average Bonchev–Trinajstić information content (AvgIpc) is 3.20. The number of sulfonamides is 1. The van der Waals surface area contributed by atoms with Crippen LogP contribution in [0.5, 0.6) is 0 Å². The molecule has 33 heavy (non-hydrogen) atoms. The maximum Gasteiger partial charge on any atom is 0.416 e. The van der Waals surface area contributed by atoms with Crippen LogP contribution in [0.15, 0.2) is 54.6 Å². The van der Waals surface area contributed by atoms with Gasteiger partial charge in [0.05, 0.1) is 11.3 Å². The number of fused-ring (bicyclic) bond motifs is 1. The standard InChI is InChI=1S/C24H27F3N2O3S/c1-16-11-22-20(21(16)13-28-33(31,32)15-18-5-3-2-4-6-18)12-23(30)29(22)14-17-7-9-19(10-8-17)24(25,26)27/h2-10,16,20-22,28H,11-15H2,1H3/t16-,20-,21+,22+/m0/s1. The molecule has 0 aromatic heterocycles. The van der Waals surface area contributed by atoms with Crippen molar-refractivity contribution >= 4 is 15.9 Å².